The summed E-state index contributed by atoms with van der Waals surface area (Å²) in [5, 5.41) is -0.581. The lowest BCUT2D eigenvalue weighted by atomic mass is 9.98. The van der Waals surface area contributed by atoms with Crippen molar-refractivity contribution < 1.29 is 45.7 Å². The Morgan fingerprint density at radius 3 is 2.35 bits per heavy atom. The van der Waals surface area contributed by atoms with Crippen LogP contribution in [0.25, 0.3) is 11.1 Å². The van der Waals surface area contributed by atoms with Gasteiger partial charge in [0.2, 0.25) is 5.91 Å². The van der Waals surface area contributed by atoms with Crippen LogP contribution in [0.1, 0.15) is 77.1 Å². The average molecular weight is 698 g/mol. The van der Waals surface area contributed by atoms with E-state index in [0.29, 0.717) is 16.3 Å². The fraction of sp³-hybridized carbons (Fsp3) is 0.378. The molecule has 0 spiro atoms. The molecule has 11 heteroatoms. The highest BCUT2D eigenvalue weighted by Gasteiger charge is 2.30. The average Bonchev–Trinajstić information content (AvgIpc) is 3.72. The van der Waals surface area contributed by atoms with Gasteiger partial charge in [0.15, 0.2) is 5.16 Å². The van der Waals surface area contributed by atoms with Gasteiger partial charge in [-0.05, 0) is 91.3 Å². The van der Waals surface area contributed by atoms with Gasteiger partial charge in [-0.3, -0.25) is 9.59 Å². The monoisotopic (exact) mass is 697 g/mol. The van der Waals surface area contributed by atoms with Crippen LogP contribution in [-0.4, -0.2) is 51.3 Å². The molecule has 0 unspecified atom stereocenters. The fourth-order valence-electron chi connectivity index (χ4n) is 4.65. The van der Waals surface area contributed by atoms with E-state index in [1.54, 1.807) is 0 Å². The molecule has 1 aliphatic rings. The summed E-state index contributed by atoms with van der Waals surface area (Å²) in [6.45, 7) is -7.86. The number of thioether (sulfide) groups is 1. The SMILES string of the molecule is [2H]c1c([2H])c(CSc2nc(=O)c3c(n2C([2H])([2H])C(=O)N(Cc2c([2H])c([2H])c(-c4c([2H])c([2H])c(C(F)(F)F)c([2H])c4[2H])c([2H])c2C)C([2H])([2H])C([2H])([2H])N(CC)CC)CCC3)c([2H])c([2H])c1F. The number of benzene rings is 3. The lowest BCUT2D eigenvalue weighted by Crippen LogP contribution is -2.40. The van der Waals surface area contributed by atoms with Crippen molar-refractivity contribution in [2.75, 3.05) is 26.1 Å². The van der Waals surface area contributed by atoms with Gasteiger partial charge in [-0.25, -0.2) is 4.39 Å². The van der Waals surface area contributed by atoms with Crippen LogP contribution in [0, 0.1) is 12.7 Å². The molecule has 48 heavy (non-hydrogen) atoms. The Bertz CT molecular complexity index is 2590. The molecule has 0 aliphatic heterocycles. The third-order valence-electron chi connectivity index (χ3n) is 7.23. The predicted octanol–water partition coefficient (Wildman–Crippen LogP) is 7.53. The summed E-state index contributed by atoms with van der Waals surface area (Å²) in [6.07, 6.45) is -5.06. The second-order valence-corrected chi connectivity index (χ2v) is 11.3. The number of likely N-dealkylation sites (N-methyl/N-ethyl adjacent to an activating group) is 1. The van der Waals surface area contributed by atoms with Crippen LogP contribution in [0.5, 0.6) is 0 Å². The van der Waals surface area contributed by atoms with Crippen molar-refractivity contribution in [3.8, 4) is 11.1 Å². The van der Waals surface area contributed by atoms with Crippen LogP contribution in [0.2, 0.25) is 0 Å². The van der Waals surface area contributed by atoms with E-state index in [0.717, 1.165) is 11.8 Å². The second kappa shape index (κ2) is 15.5. The molecule has 1 aromatic heterocycles. The number of carbonyl (C=O) groups is 1. The van der Waals surface area contributed by atoms with E-state index in [1.807, 2.05) is 0 Å². The zero-order valence-electron chi connectivity index (χ0n) is 43.0. The van der Waals surface area contributed by atoms with Crippen LogP contribution < -0.4 is 5.56 Å². The third-order valence-corrected chi connectivity index (χ3v) is 8.20. The van der Waals surface area contributed by atoms with Gasteiger partial charge in [0, 0.05) is 39.3 Å². The minimum absolute atomic E-state index is 0.0277. The quantitative estimate of drug-likeness (QED) is 0.0822. The summed E-state index contributed by atoms with van der Waals surface area (Å²) in [5.74, 6) is -3.88. The Morgan fingerprint density at radius 2 is 1.69 bits per heavy atom. The zero-order chi connectivity index (χ0) is 49.4. The molecule has 0 saturated carbocycles. The van der Waals surface area contributed by atoms with Crippen molar-refractivity contribution in [1.29, 1.82) is 0 Å². The van der Waals surface area contributed by atoms with E-state index in [2.05, 4.69) is 4.98 Å². The first-order valence-electron chi connectivity index (χ1n) is 23.2. The number of fused-ring (bicyclic) bond motifs is 1. The maximum absolute atomic E-state index is 15.1. The minimum atomic E-state index is -5.34. The van der Waals surface area contributed by atoms with Gasteiger partial charge in [0.1, 0.15) is 12.3 Å². The van der Waals surface area contributed by atoms with E-state index in [9.17, 15) is 27.8 Å². The predicted molar refractivity (Wildman–Crippen MR) is 181 cm³/mol. The number of nitrogens with zero attached hydrogens (tertiary/aromatic N) is 4. The van der Waals surface area contributed by atoms with Gasteiger partial charge < -0.3 is 14.4 Å². The van der Waals surface area contributed by atoms with E-state index < -0.39 is 155 Å². The summed E-state index contributed by atoms with van der Waals surface area (Å²) in [4.78, 5) is 33.4. The molecule has 0 radical (unpaired) electrons. The first kappa shape index (κ1) is 19.3. The van der Waals surface area contributed by atoms with E-state index in [1.165, 1.54) is 13.8 Å². The van der Waals surface area contributed by atoms with E-state index in [-0.39, 0.29) is 54.1 Å². The highest BCUT2D eigenvalue weighted by Crippen LogP contribution is 2.32. The minimum Gasteiger partial charge on any atom is -0.336 e. The maximum Gasteiger partial charge on any atom is 0.416 e. The van der Waals surface area contributed by atoms with Gasteiger partial charge in [-0.15, -0.1) is 0 Å². The Labute approximate surface area is 306 Å². The molecule has 0 atom stereocenters. The number of alkyl halides is 3. The third kappa shape index (κ3) is 8.54. The molecule has 5 rings (SSSR count). The first-order chi connectivity index (χ1) is 29.9. The summed E-state index contributed by atoms with van der Waals surface area (Å²) in [6, 6.07) is -12.2. The number of aromatic nitrogens is 2. The number of amides is 1. The highest BCUT2D eigenvalue weighted by atomic mass is 32.2. The summed E-state index contributed by atoms with van der Waals surface area (Å²) >= 11 is 0.468. The van der Waals surface area contributed by atoms with Crippen molar-refractivity contribution in [2.45, 2.75) is 70.2 Å². The molecular weight excluding hydrogens is 640 g/mol. The van der Waals surface area contributed by atoms with Crippen LogP contribution in [0.4, 0.5) is 17.6 Å². The van der Waals surface area contributed by atoms with Crippen LogP contribution in [-0.2, 0) is 42.6 Å². The lowest BCUT2D eigenvalue weighted by molar-refractivity contribution is -0.137. The number of hydrogen-bond donors (Lipinski definition) is 0. The molecule has 1 heterocycles. The Kier molecular flexibility index (Phi) is 6.23. The molecule has 254 valence electrons. The van der Waals surface area contributed by atoms with Crippen LogP contribution in [0.3, 0.4) is 0 Å². The number of halogens is 4. The lowest BCUT2D eigenvalue weighted by Gasteiger charge is -2.28. The summed E-state index contributed by atoms with van der Waals surface area (Å²) in [7, 11) is 0. The first-order valence-corrected chi connectivity index (χ1v) is 15.7. The fourth-order valence-corrected chi connectivity index (χ4v) is 5.50. The Morgan fingerprint density at radius 1 is 1.00 bits per heavy atom. The van der Waals surface area contributed by atoms with Crippen LogP contribution in [0.15, 0.2) is 76.4 Å². The molecule has 0 bridgehead atoms. The molecule has 6 nitrogen and oxygen atoms in total. The van der Waals surface area contributed by atoms with Gasteiger partial charge in [-0.1, -0.05) is 67.9 Å². The Balaban J connectivity index is 1.76. The topological polar surface area (TPSA) is 58.4 Å². The summed E-state index contributed by atoms with van der Waals surface area (Å²) < 4.78 is 203. The van der Waals surface area contributed by atoms with Gasteiger partial charge >= 0.3 is 6.18 Å². The van der Waals surface area contributed by atoms with Crippen molar-refractivity contribution in [3.63, 3.8) is 0 Å². The highest BCUT2D eigenvalue weighted by molar-refractivity contribution is 7.98. The molecular formula is C37H40F4N4O2S. The number of hydrogen-bond acceptors (Lipinski definition) is 5. The van der Waals surface area contributed by atoms with Gasteiger partial charge in [0.25, 0.3) is 5.56 Å². The maximum atomic E-state index is 15.1. The zero-order valence-corrected chi connectivity index (χ0v) is 26.8. The Hall–Kier alpha value is -3.96. The standard InChI is InChI=1S/C37H40F4N4O2S/c1-4-43(5-2)19-20-44(22-29-12-11-28(21-25(29)3)27-13-15-30(16-14-27)37(39,40)41)34(46)23-45-33-8-6-7-32(33)35(47)42-36(45)48-24-26-9-17-31(38)18-10-26/h9-18,21H,4-8,19-20,22-24H2,1-3H3/i9D,10D,11D,12D,13D,14D,15D,16D,17D,18D,19D2,20D2,21D,23D2. The van der Waals surface area contributed by atoms with E-state index in [4.69, 9.17) is 17.8 Å². The second-order valence-electron chi connectivity index (χ2n) is 10.4. The molecule has 1 amide bonds. The largest absolute Gasteiger partial charge is 0.416 e. The molecule has 3 aromatic carbocycles. The van der Waals surface area contributed by atoms with Crippen molar-refractivity contribution >= 4 is 17.7 Å². The smallest absolute Gasteiger partial charge is 0.336 e. The van der Waals surface area contributed by atoms with Crippen LogP contribution >= 0.6 is 11.8 Å². The molecule has 0 N–H and O–H groups in total. The number of rotatable bonds is 13. The molecule has 1 aliphatic carbocycles. The van der Waals surface area contributed by atoms with Crippen molar-refractivity contribution in [3.05, 3.63) is 116 Å². The summed E-state index contributed by atoms with van der Waals surface area (Å²) in [5.41, 5.74) is -6.03. The molecule has 0 fully saturated rings. The molecule has 0 saturated heterocycles. The van der Waals surface area contributed by atoms with Crippen molar-refractivity contribution in [2.24, 2.45) is 0 Å². The van der Waals surface area contributed by atoms with E-state index >= 15 is 4.79 Å². The normalized spacial score (nSPS) is 18.8. The number of carbonyl (C=O) groups excluding carboxylic acids is 1. The molecule has 4 aromatic rings. The van der Waals surface area contributed by atoms with Crippen molar-refractivity contribution in [1.82, 2.24) is 19.4 Å². The van der Waals surface area contributed by atoms with Gasteiger partial charge in [0.05, 0.1) is 26.1 Å². The van der Waals surface area contributed by atoms with Gasteiger partial charge in [-0.2, -0.15) is 18.2 Å².